The first-order valence-corrected chi connectivity index (χ1v) is 10.6. The van der Waals surface area contributed by atoms with Gasteiger partial charge in [-0.2, -0.15) is 4.98 Å². The summed E-state index contributed by atoms with van der Waals surface area (Å²) in [7, 11) is 0. The molecule has 0 aliphatic heterocycles. The Bertz CT molecular complexity index is 1470. The fourth-order valence-electron chi connectivity index (χ4n) is 3.99. The minimum Gasteiger partial charge on any atom is -0.375 e. The maximum atomic E-state index is 14.4. The van der Waals surface area contributed by atoms with Gasteiger partial charge in [-0.25, -0.2) is 9.37 Å². The lowest BCUT2D eigenvalue weighted by Crippen LogP contribution is -2.41. The molecule has 0 radical (unpaired) electrons. The third-order valence-electron chi connectivity index (χ3n) is 5.45. The van der Waals surface area contributed by atoms with Crippen LogP contribution in [0, 0.1) is 5.82 Å². The predicted molar refractivity (Wildman–Crippen MR) is 128 cm³/mol. The van der Waals surface area contributed by atoms with Crippen molar-refractivity contribution in [1.82, 2.24) is 9.97 Å². The van der Waals surface area contributed by atoms with Crippen molar-refractivity contribution in [3.63, 3.8) is 0 Å². The molecule has 3 N–H and O–H groups in total. The zero-order valence-electron chi connectivity index (χ0n) is 18.4. The number of benzene rings is 2. The fourth-order valence-corrected chi connectivity index (χ4v) is 3.99. The van der Waals surface area contributed by atoms with Gasteiger partial charge in [0.2, 0.25) is 5.95 Å². The van der Waals surface area contributed by atoms with Crippen molar-refractivity contribution < 1.29 is 4.39 Å². The minimum atomic E-state index is -0.736. The van der Waals surface area contributed by atoms with Crippen LogP contribution < -0.4 is 26.8 Å². The lowest BCUT2D eigenvalue weighted by Gasteiger charge is -2.24. The topological polar surface area (TPSA) is 96.0 Å². The highest BCUT2D eigenvalue weighted by Gasteiger charge is 2.26. The van der Waals surface area contributed by atoms with Gasteiger partial charge in [0.15, 0.2) is 11.6 Å². The number of halogens is 1. The monoisotopic (exact) mass is 443 g/mol. The van der Waals surface area contributed by atoms with Crippen LogP contribution in [0.5, 0.6) is 0 Å². The van der Waals surface area contributed by atoms with Crippen molar-refractivity contribution in [1.29, 1.82) is 0 Å². The maximum absolute atomic E-state index is 14.4. The summed E-state index contributed by atoms with van der Waals surface area (Å²) < 4.78 is 14.4. The van der Waals surface area contributed by atoms with Crippen LogP contribution in [-0.2, 0) is 6.42 Å². The SMILES string of the molecule is CC(C)(C)Nc1c(Nc2nc(Nc3ccc4c(c3)Cc3ccccc3-4)ncc2F)c(=O)c1=O. The van der Waals surface area contributed by atoms with Gasteiger partial charge < -0.3 is 16.0 Å². The van der Waals surface area contributed by atoms with Gasteiger partial charge in [-0.3, -0.25) is 9.59 Å². The number of nitrogens with zero attached hydrogens (tertiary/aromatic N) is 2. The van der Waals surface area contributed by atoms with Gasteiger partial charge in [-0.05, 0) is 61.6 Å². The molecule has 7 nitrogen and oxygen atoms in total. The first kappa shape index (κ1) is 20.8. The van der Waals surface area contributed by atoms with Gasteiger partial charge in [-0.15, -0.1) is 0 Å². The number of anilines is 5. The van der Waals surface area contributed by atoms with Gasteiger partial charge in [0.25, 0.3) is 10.9 Å². The number of rotatable bonds is 5. The van der Waals surface area contributed by atoms with Crippen LogP contribution in [-0.4, -0.2) is 15.5 Å². The molecule has 166 valence electrons. The number of fused-ring (bicyclic) bond motifs is 3. The van der Waals surface area contributed by atoms with E-state index >= 15 is 0 Å². The van der Waals surface area contributed by atoms with Crippen LogP contribution in [0.1, 0.15) is 31.9 Å². The number of nitrogens with one attached hydrogen (secondary N) is 3. The van der Waals surface area contributed by atoms with Crippen molar-refractivity contribution in [3.05, 3.63) is 86.1 Å². The summed E-state index contributed by atoms with van der Waals surface area (Å²) in [4.78, 5) is 32.2. The Kier molecular flexibility index (Phi) is 4.74. The van der Waals surface area contributed by atoms with E-state index in [0.717, 1.165) is 18.3 Å². The van der Waals surface area contributed by atoms with Crippen molar-refractivity contribution in [2.45, 2.75) is 32.7 Å². The quantitative estimate of drug-likeness (QED) is 0.345. The molecule has 5 rings (SSSR count). The molecule has 4 aromatic rings. The Balaban J connectivity index is 1.39. The maximum Gasteiger partial charge on any atom is 0.253 e. The second kappa shape index (κ2) is 7.51. The Morgan fingerprint density at radius 2 is 1.64 bits per heavy atom. The zero-order chi connectivity index (χ0) is 23.3. The van der Waals surface area contributed by atoms with Crippen LogP contribution in [0.15, 0.2) is 58.3 Å². The van der Waals surface area contributed by atoms with Gasteiger partial charge in [0.1, 0.15) is 11.4 Å². The first-order valence-electron chi connectivity index (χ1n) is 10.6. The minimum absolute atomic E-state index is 0.00577. The molecule has 0 saturated carbocycles. The van der Waals surface area contributed by atoms with E-state index in [1.165, 1.54) is 22.3 Å². The molecule has 0 saturated heterocycles. The molecule has 0 amide bonds. The van der Waals surface area contributed by atoms with Gasteiger partial charge in [0.05, 0.1) is 6.20 Å². The largest absolute Gasteiger partial charge is 0.375 e. The summed E-state index contributed by atoms with van der Waals surface area (Å²) >= 11 is 0. The third kappa shape index (κ3) is 3.84. The number of hydrogen-bond acceptors (Lipinski definition) is 7. The molecule has 0 spiro atoms. The van der Waals surface area contributed by atoms with E-state index in [9.17, 15) is 14.0 Å². The summed E-state index contributed by atoms with van der Waals surface area (Å²) in [5.41, 5.74) is 3.98. The third-order valence-corrected chi connectivity index (χ3v) is 5.45. The van der Waals surface area contributed by atoms with Crippen molar-refractivity contribution in [3.8, 4) is 11.1 Å². The van der Waals surface area contributed by atoms with Gasteiger partial charge >= 0.3 is 0 Å². The fraction of sp³-hybridized carbons (Fsp3) is 0.200. The molecule has 33 heavy (non-hydrogen) atoms. The van der Waals surface area contributed by atoms with Crippen LogP contribution in [0.4, 0.5) is 33.2 Å². The number of hydrogen-bond donors (Lipinski definition) is 3. The molecule has 0 unspecified atom stereocenters. The summed E-state index contributed by atoms with van der Waals surface area (Å²) in [6.45, 7) is 5.57. The smallest absolute Gasteiger partial charge is 0.253 e. The standard InChI is InChI=1S/C25H22FN5O2/c1-25(2,3)31-20-19(21(32)22(20)33)29-23-18(26)12-27-24(30-23)28-15-8-9-17-14(11-15)10-13-6-4-5-7-16(13)17/h4-9,11-12,31H,10H2,1-3H3,(H2,27,28,29,30). The average molecular weight is 443 g/mol. The van der Waals surface area contributed by atoms with Crippen molar-refractivity contribution >= 4 is 28.8 Å². The Hall–Kier alpha value is -4.07. The Morgan fingerprint density at radius 3 is 2.42 bits per heavy atom. The molecule has 3 aromatic carbocycles. The van der Waals surface area contributed by atoms with E-state index < -0.39 is 22.2 Å². The van der Waals surface area contributed by atoms with Crippen LogP contribution >= 0.6 is 0 Å². The molecule has 0 fully saturated rings. The summed E-state index contributed by atoms with van der Waals surface area (Å²) in [5, 5.41) is 8.73. The highest BCUT2D eigenvalue weighted by atomic mass is 19.1. The Labute approximate surface area is 189 Å². The first-order chi connectivity index (χ1) is 15.7. The second-order valence-corrected chi connectivity index (χ2v) is 9.13. The lowest BCUT2D eigenvalue weighted by atomic mass is 10.1. The summed E-state index contributed by atoms with van der Waals surface area (Å²) in [6, 6.07) is 14.3. The van der Waals surface area contributed by atoms with Crippen LogP contribution in [0.2, 0.25) is 0 Å². The zero-order valence-corrected chi connectivity index (χ0v) is 18.4. The molecule has 1 aliphatic rings. The molecule has 8 heteroatoms. The summed E-state index contributed by atoms with van der Waals surface area (Å²) in [5.74, 6) is -0.761. The predicted octanol–water partition coefficient (Wildman–Crippen LogP) is 4.48. The lowest BCUT2D eigenvalue weighted by molar-refractivity contribution is 0.619. The molecule has 1 aromatic heterocycles. The molecular formula is C25H22FN5O2. The highest BCUT2D eigenvalue weighted by molar-refractivity contribution is 5.80. The Morgan fingerprint density at radius 1 is 0.909 bits per heavy atom. The van der Waals surface area contributed by atoms with Crippen LogP contribution in [0.3, 0.4) is 0 Å². The van der Waals surface area contributed by atoms with E-state index in [0.29, 0.717) is 0 Å². The molecule has 1 heterocycles. The normalized spacial score (nSPS) is 12.4. The van der Waals surface area contributed by atoms with E-state index in [4.69, 9.17) is 0 Å². The highest BCUT2D eigenvalue weighted by Crippen LogP contribution is 2.38. The van der Waals surface area contributed by atoms with Crippen molar-refractivity contribution in [2.75, 3.05) is 16.0 Å². The van der Waals surface area contributed by atoms with Gasteiger partial charge in [-0.1, -0.05) is 30.3 Å². The van der Waals surface area contributed by atoms with Crippen molar-refractivity contribution in [2.24, 2.45) is 0 Å². The summed E-state index contributed by atoms with van der Waals surface area (Å²) in [6.07, 6.45) is 1.86. The van der Waals surface area contributed by atoms with Crippen LogP contribution in [0.25, 0.3) is 11.1 Å². The van der Waals surface area contributed by atoms with Gasteiger partial charge in [0, 0.05) is 11.2 Å². The molecule has 0 atom stereocenters. The molecule has 0 bridgehead atoms. The van der Waals surface area contributed by atoms with E-state index in [1.807, 2.05) is 51.1 Å². The van der Waals surface area contributed by atoms with E-state index in [1.54, 1.807) is 0 Å². The van der Waals surface area contributed by atoms with E-state index in [2.05, 4.69) is 38.1 Å². The average Bonchev–Trinajstić information content (AvgIpc) is 3.15. The van der Waals surface area contributed by atoms with E-state index in [-0.39, 0.29) is 23.1 Å². The number of aromatic nitrogens is 2. The second-order valence-electron chi connectivity index (χ2n) is 9.13. The molecular weight excluding hydrogens is 421 g/mol. The molecule has 1 aliphatic carbocycles.